The molecule has 15 heavy (non-hydrogen) atoms. The second kappa shape index (κ2) is 6.49. The predicted molar refractivity (Wildman–Crippen MR) is 62.0 cm³/mol. The topological polar surface area (TPSA) is 31.0 Å². The third-order valence-corrected chi connectivity index (χ3v) is 1.82. The summed E-state index contributed by atoms with van der Waals surface area (Å²) in [4.78, 5) is 14.5. The molecule has 1 aromatic carbocycles. The minimum Gasteiger partial charge on any atom is -0.287 e. The maximum atomic E-state index is 11.6. The number of nitrogens with one attached hydrogen (secondary N) is 1. The molecule has 0 amide bonds. The van der Waals surface area contributed by atoms with E-state index in [1.807, 2.05) is 30.3 Å². The van der Waals surface area contributed by atoms with Gasteiger partial charge in [0, 0.05) is 11.6 Å². The Labute approximate surface area is 89.7 Å². The molecule has 76 valence electrons. The van der Waals surface area contributed by atoms with E-state index in [0.29, 0.717) is 6.54 Å². The first-order valence-electron chi connectivity index (χ1n) is 4.77. The number of ketones is 1. The highest BCUT2D eigenvalue weighted by atomic mass is 16.1. The van der Waals surface area contributed by atoms with Gasteiger partial charge < -0.3 is 0 Å². The molecule has 0 aliphatic heterocycles. The molecule has 0 fully saturated rings. The van der Waals surface area contributed by atoms with E-state index < -0.39 is 0 Å². The van der Waals surface area contributed by atoms with Crippen LogP contribution < -0.4 is 4.99 Å². The van der Waals surface area contributed by atoms with Crippen molar-refractivity contribution in [3.63, 3.8) is 0 Å². The molecular weight excluding hydrogens is 186 g/mol. The van der Waals surface area contributed by atoms with Gasteiger partial charge in [-0.05, 0) is 0 Å². The summed E-state index contributed by atoms with van der Waals surface area (Å²) in [5.74, 6) is 0.0823. The summed E-state index contributed by atoms with van der Waals surface area (Å²) in [6, 6.07) is 9.22. The van der Waals surface area contributed by atoms with Crippen LogP contribution in [0.25, 0.3) is 0 Å². The number of hydrogen-bond donors (Lipinski definition) is 1. The Hall–Kier alpha value is -1.96. The van der Waals surface area contributed by atoms with Crippen LogP contribution in [0.4, 0.5) is 0 Å². The third-order valence-electron chi connectivity index (χ3n) is 1.82. The molecule has 0 bridgehead atoms. The molecule has 0 saturated carbocycles. The molecule has 0 aliphatic rings. The van der Waals surface area contributed by atoms with E-state index >= 15 is 0 Å². The van der Waals surface area contributed by atoms with Crippen molar-refractivity contribution in [2.24, 2.45) is 0 Å². The first-order chi connectivity index (χ1) is 7.34. The Morgan fingerprint density at radius 1 is 1.27 bits per heavy atom. The van der Waals surface area contributed by atoms with Gasteiger partial charge in [-0.3, -0.25) is 4.79 Å². The predicted octanol–water partition coefficient (Wildman–Crippen LogP) is 0.763. The molecule has 2 nitrogen and oxygen atoms in total. The second-order valence-corrected chi connectivity index (χ2v) is 2.96. The Kier molecular flexibility index (Phi) is 4.81. The zero-order chi connectivity index (χ0) is 10.9. The summed E-state index contributed by atoms with van der Waals surface area (Å²) in [6.07, 6.45) is 6.99. The van der Waals surface area contributed by atoms with Gasteiger partial charge in [-0.15, -0.1) is 0 Å². The van der Waals surface area contributed by atoms with Crippen molar-refractivity contribution in [1.82, 2.24) is 0 Å². The van der Waals surface area contributed by atoms with E-state index in [1.54, 1.807) is 24.4 Å². The van der Waals surface area contributed by atoms with E-state index in [4.69, 9.17) is 0 Å². The third kappa shape index (κ3) is 4.18. The highest BCUT2D eigenvalue weighted by Crippen LogP contribution is 1.97. The van der Waals surface area contributed by atoms with Crippen molar-refractivity contribution in [3.05, 3.63) is 60.7 Å². The van der Waals surface area contributed by atoms with Crippen LogP contribution in [0.15, 0.2) is 55.1 Å². The highest BCUT2D eigenvalue weighted by molar-refractivity contribution is 5.96. The SMILES string of the molecule is C=C/C=C\C=[NH+]CC(=O)c1ccccc1. The Bertz CT molecular complexity index is 377. The van der Waals surface area contributed by atoms with Gasteiger partial charge in [-0.25, -0.2) is 4.99 Å². The molecule has 0 atom stereocenters. The first kappa shape index (κ1) is 11.1. The van der Waals surface area contributed by atoms with Gasteiger partial charge in [0.15, 0.2) is 6.21 Å². The number of rotatable bonds is 5. The van der Waals surface area contributed by atoms with Gasteiger partial charge in [0.2, 0.25) is 12.3 Å². The lowest BCUT2D eigenvalue weighted by Crippen LogP contribution is -2.71. The standard InChI is InChI=1S/C13H13NO/c1-2-3-7-10-14-11-13(15)12-8-5-4-6-9-12/h2-10H,1,11H2/p+1/b7-3-,14-10?. The van der Waals surface area contributed by atoms with Gasteiger partial charge in [0.25, 0.3) is 0 Å². The van der Waals surface area contributed by atoms with Gasteiger partial charge in [-0.1, -0.05) is 49.1 Å². The Balaban J connectivity index is 2.47. The fourth-order valence-corrected chi connectivity index (χ4v) is 1.08. The number of benzene rings is 1. The zero-order valence-electron chi connectivity index (χ0n) is 8.52. The minimum absolute atomic E-state index is 0.0823. The van der Waals surface area contributed by atoms with Crippen molar-refractivity contribution in [1.29, 1.82) is 0 Å². The van der Waals surface area contributed by atoms with Crippen molar-refractivity contribution >= 4 is 12.0 Å². The van der Waals surface area contributed by atoms with Gasteiger partial charge in [0.05, 0.1) is 0 Å². The molecular formula is C13H14NO+. The van der Waals surface area contributed by atoms with Crippen LogP contribution in [0.5, 0.6) is 0 Å². The number of hydrogen-bond acceptors (Lipinski definition) is 1. The molecule has 1 rings (SSSR count). The summed E-state index contributed by atoms with van der Waals surface area (Å²) in [5.41, 5.74) is 0.728. The lowest BCUT2D eigenvalue weighted by atomic mass is 10.1. The average molecular weight is 200 g/mol. The summed E-state index contributed by atoms with van der Waals surface area (Å²) < 4.78 is 0. The first-order valence-corrected chi connectivity index (χ1v) is 4.77. The second-order valence-electron chi connectivity index (χ2n) is 2.96. The van der Waals surface area contributed by atoms with Crippen molar-refractivity contribution in [2.75, 3.05) is 6.54 Å². The van der Waals surface area contributed by atoms with Crippen LogP contribution in [0.1, 0.15) is 10.4 Å². The van der Waals surface area contributed by atoms with Crippen LogP contribution >= 0.6 is 0 Å². The highest BCUT2D eigenvalue weighted by Gasteiger charge is 2.05. The molecule has 0 spiro atoms. The maximum Gasteiger partial charge on any atom is 0.226 e. The van der Waals surface area contributed by atoms with E-state index in [1.165, 1.54) is 0 Å². The lowest BCUT2D eigenvalue weighted by molar-refractivity contribution is -0.434. The van der Waals surface area contributed by atoms with Crippen molar-refractivity contribution in [3.8, 4) is 0 Å². The Morgan fingerprint density at radius 2 is 2.00 bits per heavy atom. The smallest absolute Gasteiger partial charge is 0.226 e. The normalized spacial score (nSPS) is 10.9. The zero-order valence-corrected chi connectivity index (χ0v) is 8.52. The molecule has 0 saturated heterocycles. The summed E-state index contributed by atoms with van der Waals surface area (Å²) in [5, 5.41) is 0. The number of carbonyl (C=O) groups excluding carboxylic acids is 1. The van der Waals surface area contributed by atoms with Gasteiger partial charge >= 0.3 is 0 Å². The van der Waals surface area contributed by atoms with Crippen LogP contribution in [-0.4, -0.2) is 18.5 Å². The van der Waals surface area contributed by atoms with E-state index in [9.17, 15) is 4.79 Å². The monoisotopic (exact) mass is 200 g/mol. The number of Topliss-reactive ketones (excluding diaryl/α,β-unsaturated/α-hetero) is 1. The van der Waals surface area contributed by atoms with E-state index in [0.717, 1.165) is 5.56 Å². The molecule has 2 heteroatoms. The maximum absolute atomic E-state index is 11.6. The number of carbonyl (C=O) groups is 1. The van der Waals surface area contributed by atoms with Crippen LogP contribution in [0, 0.1) is 0 Å². The molecule has 0 radical (unpaired) electrons. The molecule has 0 aliphatic carbocycles. The molecule has 0 unspecified atom stereocenters. The van der Waals surface area contributed by atoms with Gasteiger partial charge in [-0.2, -0.15) is 0 Å². The van der Waals surface area contributed by atoms with Crippen molar-refractivity contribution in [2.45, 2.75) is 0 Å². The summed E-state index contributed by atoms with van der Waals surface area (Å²) in [7, 11) is 0. The van der Waals surface area contributed by atoms with E-state index in [-0.39, 0.29) is 5.78 Å². The Morgan fingerprint density at radius 3 is 2.67 bits per heavy atom. The average Bonchev–Trinajstić information content (AvgIpc) is 2.30. The fourth-order valence-electron chi connectivity index (χ4n) is 1.08. The fraction of sp³-hybridized carbons (Fsp3) is 0.0769. The van der Waals surface area contributed by atoms with Crippen LogP contribution in [0.3, 0.4) is 0 Å². The van der Waals surface area contributed by atoms with Crippen LogP contribution in [-0.2, 0) is 0 Å². The molecule has 1 aromatic rings. The quantitative estimate of drug-likeness (QED) is 0.425. The lowest BCUT2D eigenvalue weighted by Gasteiger charge is -1.92. The summed E-state index contributed by atoms with van der Waals surface area (Å²) >= 11 is 0. The number of allylic oxidation sites excluding steroid dienone is 3. The molecule has 0 heterocycles. The minimum atomic E-state index is 0.0823. The largest absolute Gasteiger partial charge is 0.287 e. The summed E-state index contributed by atoms with van der Waals surface area (Å²) in [6.45, 7) is 3.85. The van der Waals surface area contributed by atoms with Crippen molar-refractivity contribution < 1.29 is 9.79 Å². The van der Waals surface area contributed by atoms with E-state index in [2.05, 4.69) is 11.6 Å². The van der Waals surface area contributed by atoms with Gasteiger partial charge in [0.1, 0.15) is 0 Å². The van der Waals surface area contributed by atoms with Crippen LogP contribution in [0.2, 0.25) is 0 Å². The molecule has 0 aromatic heterocycles. The molecule has 1 N–H and O–H groups in total.